The summed E-state index contributed by atoms with van der Waals surface area (Å²) in [4.78, 5) is 33.5. The van der Waals surface area contributed by atoms with E-state index in [0.717, 1.165) is 10.9 Å². The average molecular weight is 337 g/mol. The largest absolute Gasteiger partial charge is 0.497 e. The number of carbonyl (C=O) groups is 1. The molecule has 6 nitrogen and oxygen atoms in total. The van der Waals surface area contributed by atoms with E-state index < -0.39 is 0 Å². The first-order chi connectivity index (χ1) is 12.1. The van der Waals surface area contributed by atoms with E-state index in [-0.39, 0.29) is 18.0 Å². The molecule has 2 aromatic heterocycles. The Balaban J connectivity index is 1.93. The number of hydrogen-bond donors (Lipinski definition) is 1. The van der Waals surface area contributed by atoms with Gasteiger partial charge >= 0.3 is 0 Å². The van der Waals surface area contributed by atoms with Crippen LogP contribution in [-0.4, -0.2) is 34.4 Å². The number of amides is 1. The molecule has 6 heteroatoms. The van der Waals surface area contributed by atoms with Gasteiger partial charge in [0.15, 0.2) is 0 Å². The first kappa shape index (κ1) is 16.7. The van der Waals surface area contributed by atoms with Crippen molar-refractivity contribution in [3.05, 3.63) is 70.3 Å². The van der Waals surface area contributed by atoms with Crippen LogP contribution in [0.1, 0.15) is 23.0 Å². The standard InChI is InChI=1S/C19H19N3O3/c1-3-22(19(24)17-6-4-5-9-20-17)12-14-10-13-11-15(25-2)7-8-16(13)21-18(14)23/h4-11H,3,12H2,1-2H3,(H,21,23). The Morgan fingerprint density at radius 1 is 1.24 bits per heavy atom. The van der Waals surface area contributed by atoms with Gasteiger partial charge in [-0.05, 0) is 43.3 Å². The highest BCUT2D eigenvalue weighted by Gasteiger charge is 2.17. The van der Waals surface area contributed by atoms with Crippen LogP contribution in [0, 0.1) is 0 Å². The third-order valence-electron chi connectivity index (χ3n) is 4.04. The number of methoxy groups -OCH3 is 1. The summed E-state index contributed by atoms with van der Waals surface area (Å²) in [7, 11) is 1.60. The van der Waals surface area contributed by atoms with Gasteiger partial charge in [-0.15, -0.1) is 0 Å². The van der Waals surface area contributed by atoms with Gasteiger partial charge in [-0.1, -0.05) is 6.07 Å². The second-order valence-electron chi connectivity index (χ2n) is 5.61. The predicted octanol–water partition coefficient (Wildman–Crippen LogP) is 2.59. The van der Waals surface area contributed by atoms with E-state index in [2.05, 4.69) is 9.97 Å². The number of fused-ring (bicyclic) bond motifs is 1. The predicted molar refractivity (Wildman–Crippen MR) is 95.8 cm³/mol. The molecule has 0 bridgehead atoms. The lowest BCUT2D eigenvalue weighted by atomic mass is 10.1. The molecule has 0 radical (unpaired) electrons. The van der Waals surface area contributed by atoms with Crippen molar-refractivity contribution in [2.45, 2.75) is 13.5 Å². The minimum Gasteiger partial charge on any atom is -0.497 e. The molecular weight excluding hydrogens is 318 g/mol. The van der Waals surface area contributed by atoms with Gasteiger partial charge in [-0.3, -0.25) is 14.6 Å². The maximum absolute atomic E-state index is 12.6. The lowest BCUT2D eigenvalue weighted by molar-refractivity contribution is 0.0746. The Bertz CT molecular complexity index is 951. The summed E-state index contributed by atoms with van der Waals surface area (Å²) in [5, 5.41) is 0.857. The van der Waals surface area contributed by atoms with Crippen molar-refractivity contribution >= 4 is 16.8 Å². The molecule has 0 saturated carbocycles. The summed E-state index contributed by atoms with van der Waals surface area (Å²) < 4.78 is 5.23. The molecule has 0 aliphatic heterocycles. The zero-order valence-corrected chi connectivity index (χ0v) is 14.2. The van der Waals surface area contributed by atoms with Crippen LogP contribution in [0.2, 0.25) is 0 Å². The summed E-state index contributed by atoms with van der Waals surface area (Å²) in [6.45, 7) is 2.57. The molecule has 3 aromatic rings. The number of ether oxygens (including phenoxy) is 1. The van der Waals surface area contributed by atoms with Gasteiger partial charge in [-0.25, -0.2) is 0 Å². The molecule has 0 spiro atoms. The van der Waals surface area contributed by atoms with Gasteiger partial charge in [-0.2, -0.15) is 0 Å². The molecule has 25 heavy (non-hydrogen) atoms. The van der Waals surface area contributed by atoms with Crippen molar-refractivity contribution in [2.24, 2.45) is 0 Å². The number of pyridine rings is 2. The van der Waals surface area contributed by atoms with Crippen molar-refractivity contribution in [2.75, 3.05) is 13.7 Å². The summed E-state index contributed by atoms with van der Waals surface area (Å²) >= 11 is 0. The van der Waals surface area contributed by atoms with Crippen LogP contribution in [-0.2, 0) is 6.54 Å². The summed E-state index contributed by atoms with van der Waals surface area (Å²) in [5.41, 5.74) is 1.41. The fraction of sp³-hybridized carbons (Fsp3) is 0.211. The van der Waals surface area contributed by atoms with Crippen LogP contribution in [0.3, 0.4) is 0 Å². The number of benzene rings is 1. The highest BCUT2D eigenvalue weighted by Crippen LogP contribution is 2.19. The van der Waals surface area contributed by atoms with E-state index in [0.29, 0.717) is 23.6 Å². The fourth-order valence-electron chi connectivity index (χ4n) is 2.66. The minimum absolute atomic E-state index is 0.201. The van der Waals surface area contributed by atoms with Gasteiger partial charge in [0, 0.05) is 29.2 Å². The zero-order chi connectivity index (χ0) is 17.8. The number of aromatic nitrogens is 2. The lowest BCUT2D eigenvalue weighted by Crippen LogP contribution is -2.33. The summed E-state index contributed by atoms with van der Waals surface area (Å²) in [6, 6.07) is 12.4. The number of aromatic amines is 1. The highest BCUT2D eigenvalue weighted by atomic mass is 16.5. The Morgan fingerprint density at radius 3 is 2.76 bits per heavy atom. The molecule has 0 atom stereocenters. The van der Waals surface area contributed by atoms with Crippen LogP contribution in [0.15, 0.2) is 53.5 Å². The van der Waals surface area contributed by atoms with E-state index in [1.807, 2.05) is 13.0 Å². The number of rotatable bonds is 5. The van der Waals surface area contributed by atoms with Gasteiger partial charge < -0.3 is 14.6 Å². The van der Waals surface area contributed by atoms with Gasteiger partial charge in [0.25, 0.3) is 11.5 Å². The van der Waals surface area contributed by atoms with Crippen LogP contribution in [0.25, 0.3) is 10.9 Å². The lowest BCUT2D eigenvalue weighted by Gasteiger charge is -2.20. The Labute approximate surface area is 145 Å². The van der Waals surface area contributed by atoms with Gasteiger partial charge in [0.2, 0.25) is 0 Å². The number of nitrogens with one attached hydrogen (secondary N) is 1. The quantitative estimate of drug-likeness (QED) is 0.776. The SMILES string of the molecule is CCN(Cc1cc2cc(OC)ccc2[nH]c1=O)C(=O)c1ccccn1. The van der Waals surface area contributed by atoms with E-state index in [1.54, 1.807) is 54.6 Å². The molecule has 128 valence electrons. The van der Waals surface area contributed by atoms with Gasteiger partial charge in [0.1, 0.15) is 11.4 Å². The van der Waals surface area contributed by atoms with Crippen molar-refractivity contribution in [1.82, 2.24) is 14.9 Å². The number of hydrogen-bond acceptors (Lipinski definition) is 4. The third-order valence-corrected chi connectivity index (χ3v) is 4.04. The molecule has 0 fully saturated rings. The van der Waals surface area contributed by atoms with E-state index in [9.17, 15) is 9.59 Å². The van der Waals surface area contributed by atoms with Crippen molar-refractivity contribution in [1.29, 1.82) is 0 Å². The average Bonchev–Trinajstić information content (AvgIpc) is 2.66. The second-order valence-corrected chi connectivity index (χ2v) is 5.61. The highest BCUT2D eigenvalue weighted by molar-refractivity contribution is 5.92. The van der Waals surface area contributed by atoms with E-state index in [1.165, 1.54) is 0 Å². The van der Waals surface area contributed by atoms with E-state index >= 15 is 0 Å². The van der Waals surface area contributed by atoms with Crippen molar-refractivity contribution in [3.63, 3.8) is 0 Å². The van der Waals surface area contributed by atoms with Crippen LogP contribution in [0.4, 0.5) is 0 Å². The van der Waals surface area contributed by atoms with Gasteiger partial charge in [0.05, 0.1) is 13.7 Å². The molecule has 0 saturated heterocycles. The first-order valence-corrected chi connectivity index (χ1v) is 8.02. The summed E-state index contributed by atoms with van der Waals surface area (Å²) in [5.74, 6) is 0.510. The Morgan fingerprint density at radius 2 is 2.08 bits per heavy atom. The van der Waals surface area contributed by atoms with Crippen LogP contribution in [0.5, 0.6) is 5.75 Å². The third kappa shape index (κ3) is 3.52. The van der Waals surface area contributed by atoms with Crippen molar-refractivity contribution in [3.8, 4) is 5.75 Å². The minimum atomic E-state index is -0.204. The second kappa shape index (κ2) is 7.17. The van der Waals surface area contributed by atoms with Crippen LogP contribution < -0.4 is 10.3 Å². The van der Waals surface area contributed by atoms with Crippen molar-refractivity contribution < 1.29 is 9.53 Å². The molecular formula is C19H19N3O3. The van der Waals surface area contributed by atoms with Crippen LogP contribution >= 0.6 is 0 Å². The number of carbonyl (C=O) groups excluding carboxylic acids is 1. The molecule has 0 aliphatic carbocycles. The molecule has 1 amide bonds. The first-order valence-electron chi connectivity index (χ1n) is 8.02. The summed E-state index contributed by atoms with van der Waals surface area (Å²) in [6.07, 6.45) is 1.58. The maximum atomic E-state index is 12.6. The molecule has 1 aromatic carbocycles. The molecule has 1 N–H and O–H groups in total. The molecule has 0 unspecified atom stereocenters. The fourth-order valence-corrected chi connectivity index (χ4v) is 2.66. The molecule has 2 heterocycles. The Hall–Kier alpha value is -3.15. The zero-order valence-electron chi connectivity index (χ0n) is 14.2. The normalized spacial score (nSPS) is 10.6. The monoisotopic (exact) mass is 337 g/mol. The molecule has 0 aliphatic rings. The number of nitrogens with zero attached hydrogens (tertiary/aromatic N) is 2. The Kier molecular flexibility index (Phi) is 4.79. The van der Waals surface area contributed by atoms with E-state index in [4.69, 9.17) is 4.74 Å². The molecule has 3 rings (SSSR count). The number of H-pyrrole nitrogens is 1. The topological polar surface area (TPSA) is 75.3 Å². The maximum Gasteiger partial charge on any atom is 0.272 e. The smallest absolute Gasteiger partial charge is 0.272 e.